The minimum absolute atomic E-state index is 0.0363. The summed E-state index contributed by atoms with van der Waals surface area (Å²) in [5, 5.41) is 15.2. The van der Waals surface area contributed by atoms with Crippen LogP contribution in [0, 0.1) is 0 Å². The highest BCUT2D eigenvalue weighted by Gasteiger charge is 2.55. The van der Waals surface area contributed by atoms with E-state index in [1.54, 1.807) is 69.3 Å². The summed E-state index contributed by atoms with van der Waals surface area (Å²) < 4.78 is 37.3. The highest BCUT2D eigenvalue weighted by molar-refractivity contribution is 8.00. The largest absolute Gasteiger partial charge is 0.509 e. The molecule has 0 bridgehead atoms. The van der Waals surface area contributed by atoms with Crippen LogP contribution in [-0.2, 0) is 33.9 Å². The Labute approximate surface area is 288 Å². The maximum absolute atomic E-state index is 13.8. The molecule has 1 unspecified atom stereocenters. The number of rotatable bonds is 10. The molecule has 1 fully saturated rings. The molecule has 0 saturated carbocycles. The number of thioether (sulfide) groups is 1. The fraction of sp³-hybridized carbons (Fsp3) is 0.294. The van der Waals surface area contributed by atoms with Gasteiger partial charge < -0.3 is 25.2 Å². The second-order valence-electron chi connectivity index (χ2n) is 12.4. The third-order valence-electron chi connectivity index (χ3n) is 7.32. The number of sulfonamides is 1. The van der Waals surface area contributed by atoms with Crippen molar-refractivity contribution in [3.63, 3.8) is 0 Å². The van der Waals surface area contributed by atoms with Gasteiger partial charge in [-0.3, -0.25) is 19.2 Å². The summed E-state index contributed by atoms with van der Waals surface area (Å²) in [6.07, 6.45) is -0.784. The van der Waals surface area contributed by atoms with Crippen LogP contribution in [0.3, 0.4) is 0 Å². The molecule has 1 saturated heterocycles. The van der Waals surface area contributed by atoms with E-state index in [9.17, 15) is 32.7 Å². The summed E-state index contributed by atoms with van der Waals surface area (Å²) in [5.41, 5.74) is 0.496. The van der Waals surface area contributed by atoms with E-state index in [1.165, 1.54) is 24.3 Å². The van der Waals surface area contributed by atoms with Gasteiger partial charge in [-0.05, 0) is 49.6 Å². The van der Waals surface area contributed by atoms with Crippen molar-refractivity contribution in [1.29, 1.82) is 0 Å². The minimum atomic E-state index is -3.66. The number of carbonyl (C=O) groups is 4. The van der Waals surface area contributed by atoms with Crippen LogP contribution in [-0.4, -0.2) is 71.3 Å². The number of carbonyl (C=O) groups excluding carboxylic acids is 4. The number of aliphatic hydroxyl groups is 1. The first-order valence-corrected chi connectivity index (χ1v) is 18.1. The van der Waals surface area contributed by atoms with Gasteiger partial charge in [0, 0.05) is 5.69 Å². The summed E-state index contributed by atoms with van der Waals surface area (Å²) in [7, 11) is -3.66. The first-order chi connectivity index (χ1) is 23.1. The van der Waals surface area contributed by atoms with Gasteiger partial charge in [-0.1, -0.05) is 72.8 Å². The number of hydrogen-bond acceptors (Lipinski definition) is 10. The number of benzene rings is 3. The van der Waals surface area contributed by atoms with Gasteiger partial charge in [0.05, 0.1) is 12.0 Å². The van der Waals surface area contributed by atoms with Crippen molar-refractivity contribution in [2.45, 2.75) is 49.9 Å². The molecule has 13 nitrogen and oxygen atoms in total. The number of nitrogens with zero attached hydrogens (tertiary/aromatic N) is 1. The number of fused-ring (bicyclic) bond motifs is 1. The van der Waals surface area contributed by atoms with E-state index in [-0.39, 0.29) is 28.5 Å². The smallest absolute Gasteiger partial charge is 0.408 e. The highest BCUT2D eigenvalue weighted by atomic mass is 32.2. The number of aliphatic hydroxyl groups excluding tert-OH is 1. The van der Waals surface area contributed by atoms with Crippen LogP contribution in [0.5, 0.6) is 0 Å². The minimum Gasteiger partial charge on any atom is -0.509 e. The monoisotopic (exact) mass is 708 g/mol. The lowest BCUT2D eigenvalue weighted by molar-refractivity contribution is -0.155. The standard InChI is InChI=1S/C34H36N4O9S2/c1-34(2,3)47-33(43)36-25(22-16-11-17-23(18-22)37-49(4,44)45)29(40)35-26-30(41)38-27(24(39)19-48-31(26)38)32(42)46-28(20-12-7-5-8-13-20)21-14-9-6-10-15-21/h5-18,25-26,28,31,37,39H,19H2,1-4H3,(H,35,40)(H,36,43)/t25?,26-,31-/m1/s1. The van der Waals surface area contributed by atoms with Crippen molar-refractivity contribution in [2.75, 3.05) is 16.7 Å². The maximum atomic E-state index is 13.8. The molecule has 2 heterocycles. The Balaban J connectivity index is 1.36. The van der Waals surface area contributed by atoms with Gasteiger partial charge in [-0.25, -0.2) is 18.0 Å². The predicted molar refractivity (Wildman–Crippen MR) is 183 cm³/mol. The Morgan fingerprint density at radius 3 is 2.10 bits per heavy atom. The number of hydrogen-bond donors (Lipinski definition) is 4. The molecule has 3 aromatic carbocycles. The van der Waals surface area contributed by atoms with Gasteiger partial charge in [-0.15, -0.1) is 11.8 Å². The van der Waals surface area contributed by atoms with E-state index < -0.39 is 63.1 Å². The molecule has 0 aromatic heterocycles. The fourth-order valence-electron chi connectivity index (χ4n) is 5.30. The van der Waals surface area contributed by atoms with Crippen LogP contribution >= 0.6 is 11.8 Å². The zero-order valence-corrected chi connectivity index (χ0v) is 28.7. The third kappa shape index (κ3) is 8.53. The lowest BCUT2D eigenvalue weighted by Crippen LogP contribution is -2.71. The quantitative estimate of drug-likeness (QED) is 0.177. The zero-order valence-electron chi connectivity index (χ0n) is 27.1. The normalized spacial score (nSPS) is 18.1. The number of alkyl carbamates (subject to hydrolysis) is 1. The molecule has 258 valence electrons. The SMILES string of the molecule is CC(C)(C)OC(=O)NC(C(=O)N[C@@H]1C(=O)N2C(C(=O)OC(c3ccccc3)c3ccccc3)=C(O)CS[C@H]12)c1cccc(NS(C)(=O)=O)c1. The van der Waals surface area contributed by atoms with Crippen LogP contribution in [0.2, 0.25) is 0 Å². The molecule has 0 spiro atoms. The number of esters is 1. The van der Waals surface area contributed by atoms with Gasteiger partial charge in [0.1, 0.15) is 28.8 Å². The van der Waals surface area contributed by atoms with Gasteiger partial charge in [0.15, 0.2) is 11.8 Å². The van der Waals surface area contributed by atoms with Crippen LogP contribution in [0.4, 0.5) is 10.5 Å². The van der Waals surface area contributed by atoms with Gasteiger partial charge >= 0.3 is 12.1 Å². The van der Waals surface area contributed by atoms with E-state index >= 15 is 0 Å². The second kappa shape index (κ2) is 14.2. The van der Waals surface area contributed by atoms with Crippen LogP contribution in [0.15, 0.2) is 96.4 Å². The van der Waals surface area contributed by atoms with Crippen molar-refractivity contribution in [3.05, 3.63) is 113 Å². The molecular formula is C34H36N4O9S2. The van der Waals surface area contributed by atoms with Gasteiger partial charge in [0.25, 0.3) is 5.91 Å². The zero-order chi connectivity index (χ0) is 35.5. The fourth-order valence-corrected chi connectivity index (χ4v) is 7.05. The summed E-state index contributed by atoms with van der Waals surface area (Å²) in [6.45, 7) is 4.94. The topological polar surface area (TPSA) is 180 Å². The molecule has 3 atom stereocenters. The molecule has 5 rings (SSSR count). The molecule has 2 aliphatic heterocycles. The van der Waals surface area contributed by atoms with Gasteiger partial charge in [0.2, 0.25) is 15.9 Å². The average molecular weight is 709 g/mol. The molecule has 0 aliphatic carbocycles. The Kier molecular flexibility index (Phi) is 10.2. The van der Waals surface area contributed by atoms with E-state index in [0.717, 1.165) is 22.9 Å². The summed E-state index contributed by atoms with van der Waals surface area (Å²) in [5.74, 6) is -2.77. The molecule has 2 aliphatic rings. The number of anilines is 1. The Hall–Kier alpha value is -5.02. The van der Waals surface area contributed by atoms with E-state index in [2.05, 4.69) is 15.4 Å². The maximum Gasteiger partial charge on any atom is 0.408 e. The van der Waals surface area contributed by atoms with E-state index in [0.29, 0.717) is 11.1 Å². The Morgan fingerprint density at radius 1 is 0.939 bits per heavy atom. The number of ether oxygens (including phenoxy) is 2. The molecule has 4 N–H and O–H groups in total. The lowest BCUT2D eigenvalue weighted by Gasteiger charge is -2.49. The van der Waals surface area contributed by atoms with Crippen molar-refractivity contribution in [3.8, 4) is 0 Å². The molecule has 49 heavy (non-hydrogen) atoms. The predicted octanol–water partition coefficient (Wildman–Crippen LogP) is 4.13. The summed E-state index contributed by atoms with van der Waals surface area (Å²) in [6, 6.07) is 21.4. The Bertz CT molecular complexity index is 1840. The third-order valence-corrected chi connectivity index (χ3v) is 9.19. The number of amides is 3. The molecule has 3 amide bonds. The molecular weight excluding hydrogens is 673 g/mol. The Morgan fingerprint density at radius 2 is 1.53 bits per heavy atom. The van der Waals surface area contributed by atoms with Crippen LogP contribution in [0.1, 0.15) is 49.6 Å². The average Bonchev–Trinajstić information content (AvgIpc) is 3.04. The molecule has 3 aromatic rings. The van der Waals surface area contributed by atoms with Crippen molar-refractivity contribution in [2.24, 2.45) is 0 Å². The first-order valence-electron chi connectivity index (χ1n) is 15.2. The summed E-state index contributed by atoms with van der Waals surface area (Å²) in [4.78, 5) is 54.8. The number of β-lactam (4-membered cyclic amide) rings is 1. The van der Waals surface area contributed by atoms with Crippen LogP contribution in [0.25, 0.3) is 0 Å². The van der Waals surface area contributed by atoms with Crippen molar-refractivity contribution in [1.82, 2.24) is 15.5 Å². The van der Waals surface area contributed by atoms with Gasteiger partial charge in [-0.2, -0.15) is 0 Å². The van der Waals surface area contributed by atoms with Crippen LogP contribution < -0.4 is 15.4 Å². The number of nitrogens with one attached hydrogen (secondary N) is 3. The van der Waals surface area contributed by atoms with E-state index in [4.69, 9.17) is 9.47 Å². The lowest BCUT2D eigenvalue weighted by atomic mass is 10.0. The van der Waals surface area contributed by atoms with Crippen molar-refractivity contribution >= 4 is 51.3 Å². The molecule has 15 heteroatoms. The molecule has 0 radical (unpaired) electrons. The van der Waals surface area contributed by atoms with Crippen molar-refractivity contribution < 1.29 is 42.2 Å². The second-order valence-corrected chi connectivity index (χ2v) is 15.2. The first kappa shape index (κ1) is 35.3. The highest BCUT2D eigenvalue weighted by Crippen LogP contribution is 2.41. The van der Waals surface area contributed by atoms with E-state index in [1.807, 2.05) is 12.1 Å². The summed E-state index contributed by atoms with van der Waals surface area (Å²) >= 11 is 1.13.